The first-order valence-corrected chi connectivity index (χ1v) is 7.92. The van der Waals surface area contributed by atoms with E-state index in [1.165, 1.54) is 7.11 Å². The lowest BCUT2D eigenvalue weighted by atomic mass is 9.98. The van der Waals surface area contributed by atoms with Crippen LogP contribution in [0.2, 0.25) is 0 Å². The molecule has 7 heteroatoms. The van der Waals surface area contributed by atoms with Crippen molar-refractivity contribution in [3.8, 4) is 0 Å². The number of nitrogens with two attached hydrogens (primary N) is 1. The number of carbonyl (C=O) groups excluding carboxylic acids is 2. The average Bonchev–Trinajstić information content (AvgIpc) is 2.54. The van der Waals surface area contributed by atoms with Gasteiger partial charge in [-0.05, 0) is 39.0 Å². The van der Waals surface area contributed by atoms with Gasteiger partial charge in [0.05, 0.1) is 36.9 Å². The van der Waals surface area contributed by atoms with Crippen LogP contribution in [0.5, 0.6) is 0 Å². The number of nitrogen functional groups attached to an aromatic ring is 1. The second-order valence-electron chi connectivity index (χ2n) is 6.81. The van der Waals surface area contributed by atoms with Crippen LogP contribution in [0.1, 0.15) is 31.1 Å². The van der Waals surface area contributed by atoms with E-state index < -0.39 is 11.4 Å². The Morgan fingerprint density at radius 3 is 2.29 bits per heavy atom. The van der Waals surface area contributed by atoms with Crippen LogP contribution in [0.25, 0.3) is 0 Å². The first kappa shape index (κ1) is 18.1. The molecule has 1 aliphatic rings. The molecule has 1 fully saturated rings. The van der Waals surface area contributed by atoms with Gasteiger partial charge >= 0.3 is 11.9 Å². The van der Waals surface area contributed by atoms with Gasteiger partial charge in [-0.15, -0.1) is 5.06 Å². The maximum Gasteiger partial charge on any atom is 0.340 e. The molecular weight excluding hydrogens is 310 g/mol. The summed E-state index contributed by atoms with van der Waals surface area (Å²) in [6.07, 6.45) is 0. The molecule has 0 spiro atoms. The van der Waals surface area contributed by atoms with Crippen LogP contribution in [0.3, 0.4) is 0 Å². The van der Waals surface area contributed by atoms with E-state index in [0.29, 0.717) is 37.4 Å². The minimum atomic E-state index is -0.536. The van der Waals surface area contributed by atoms with Gasteiger partial charge in [-0.3, -0.25) is 0 Å². The topological polar surface area (TPSA) is 85.1 Å². The normalized spacial score (nSPS) is 15.9. The number of anilines is 2. The summed E-state index contributed by atoms with van der Waals surface area (Å²) in [4.78, 5) is 31.4. The van der Waals surface area contributed by atoms with Crippen molar-refractivity contribution < 1.29 is 19.2 Å². The van der Waals surface area contributed by atoms with E-state index in [0.717, 1.165) is 5.69 Å². The van der Waals surface area contributed by atoms with Crippen LogP contribution in [-0.4, -0.2) is 50.3 Å². The minimum absolute atomic E-state index is 0.251. The van der Waals surface area contributed by atoms with Crippen molar-refractivity contribution in [3.63, 3.8) is 0 Å². The molecule has 0 amide bonds. The molecule has 1 heterocycles. The molecule has 1 aromatic rings. The van der Waals surface area contributed by atoms with E-state index in [1.54, 1.807) is 17.2 Å². The van der Waals surface area contributed by atoms with E-state index in [4.69, 9.17) is 15.3 Å². The van der Waals surface area contributed by atoms with Crippen LogP contribution in [0.4, 0.5) is 11.4 Å². The molecule has 7 nitrogen and oxygen atoms in total. The van der Waals surface area contributed by atoms with Crippen molar-refractivity contribution in [2.75, 3.05) is 43.9 Å². The Morgan fingerprint density at radius 2 is 1.75 bits per heavy atom. The van der Waals surface area contributed by atoms with Gasteiger partial charge in [0, 0.05) is 18.8 Å². The van der Waals surface area contributed by atoms with Crippen molar-refractivity contribution in [2.45, 2.75) is 20.8 Å². The van der Waals surface area contributed by atoms with E-state index in [9.17, 15) is 9.59 Å². The Bertz CT molecular complexity index is 617. The highest BCUT2D eigenvalue weighted by atomic mass is 16.7. The molecule has 24 heavy (non-hydrogen) atoms. The van der Waals surface area contributed by atoms with Crippen LogP contribution >= 0.6 is 0 Å². The number of methoxy groups -OCH3 is 1. The number of piperazine rings is 1. The van der Waals surface area contributed by atoms with Crippen LogP contribution in [0.15, 0.2) is 18.2 Å². The summed E-state index contributed by atoms with van der Waals surface area (Å²) in [7, 11) is 1.35. The smallest absolute Gasteiger partial charge is 0.340 e. The summed E-state index contributed by atoms with van der Waals surface area (Å²) in [6.45, 7) is 7.85. The zero-order chi connectivity index (χ0) is 17.9. The highest BCUT2D eigenvalue weighted by Gasteiger charge is 2.28. The maximum absolute atomic E-state index is 12.0. The summed E-state index contributed by atoms with van der Waals surface area (Å²) in [6, 6.07) is 5.19. The van der Waals surface area contributed by atoms with Gasteiger partial charge in [0.2, 0.25) is 0 Å². The molecule has 2 rings (SSSR count). The SMILES string of the molecule is COC(=O)c1cc(N)ccc1N1CCN(OC(=O)C(C)(C)C)CC1. The third-order valence-corrected chi connectivity index (χ3v) is 3.83. The molecule has 0 atom stereocenters. The van der Waals surface area contributed by atoms with Crippen molar-refractivity contribution in [2.24, 2.45) is 5.41 Å². The first-order chi connectivity index (χ1) is 11.2. The number of ether oxygens (including phenoxy) is 1. The summed E-state index contributed by atoms with van der Waals surface area (Å²) < 4.78 is 4.83. The highest BCUT2D eigenvalue weighted by Crippen LogP contribution is 2.25. The maximum atomic E-state index is 12.0. The average molecular weight is 335 g/mol. The van der Waals surface area contributed by atoms with Gasteiger partial charge in [0.1, 0.15) is 0 Å². The Kier molecular flexibility index (Phi) is 5.33. The standard InChI is InChI=1S/C17H25N3O4/c1-17(2,3)16(22)24-20-9-7-19(8-10-20)14-6-5-12(18)11-13(14)15(21)23-4/h5-6,11H,7-10,18H2,1-4H3. The molecular formula is C17H25N3O4. The third-order valence-electron chi connectivity index (χ3n) is 3.83. The summed E-state index contributed by atoms with van der Waals surface area (Å²) in [5.74, 6) is -0.669. The number of hydrogen-bond donors (Lipinski definition) is 1. The van der Waals surface area contributed by atoms with E-state index in [-0.39, 0.29) is 5.97 Å². The molecule has 0 radical (unpaired) electrons. The first-order valence-electron chi connectivity index (χ1n) is 7.92. The molecule has 0 saturated carbocycles. The van der Waals surface area contributed by atoms with Crippen LogP contribution in [-0.2, 0) is 14.4 Å². The van der Waals surface area contributed by atoms with Gasteiger partial charge in [-0.2, -0.15) is 0 Å². The van der Waals surface area contributed by atoms with E-state index in [2.05, 4.69) is 4.90 Å². The van der Waals surface area contributed by atoms with Crippen molar-refractivity contribution in [3.05, 3.63) is 23.8 Å². The Labute approximate surface area is 142 Å². The monoisotopic (exact) mass is 335 g/mol. The van der Waals surface area contributed by atoms with E-state index in [1.807, 2.05) is 26.8 Å². The number of nitrogens with zero attached hydrogens (tertiary/aromatic N) is 2. The fourth-order valence-electron chi connectivity index (χ4n) is 2.38. The number of rotatable bonds is 3. The van der Waals surface area contributed by atoms with Gasteiger partial charge in [-0.1, -0.05) is 0 Å². The zero-order valence-corrected chi connectivity index (χ0v) is 14.7. The van der Waals surface area contributed by atoms with E-state index >= 15 is 0 Å². The highest BCUT2D eigenvalue weighted by molar-refractivity contribution is 5.97. The molecule has 132 valence electrons. The van der Waals surface area contributed by atoms with Crippen molar-refractivity contribution in [1.82, 2.24) is 5.06 Å². The molecule has 1 aliphatic heterocycles. The number of hydroxylamine groups is 2. The van der Waals surface area contributed by atoms with Crippen LogP contribution < -0.4 is 10.6 Å². The molecule has 2 N–H and O–H groups in total. The zero-order valence-electron chi connectivity index (χ0n) is 14.7. The summed E-state index contributed by atoms with van der Waals surface area (Å²) >= 11 is 0. The Hall–Kier alpha value is -2.28. The quantitative estimate of drug-likeness (QED) is 0.664. The number of esters is 1. The Morgan fingerprint density at radius 1 is 1.12 bits per heavy atom. The molecule has 0 aromatic heterocycles. The third kappa shape index (κ3) is 4.17. The lowest BCUT2D eigenvalue weighted by Crippen LogP contribution is -2.48. The van der Waals surface area contributed by atoms with Crippen LogP contribution in [0, 0.1) is 5.41 Å². The minimum Gasteiger partial charge on any atom is -0.465 e. The molecule has 0 unspecified atom stereocenters. The predicted molar refractivity (Wildman–Crippen MR) is 91.5 cm³/mol. The summed E-state index contributed by atoms with van der Waals surface area (Å²) in [5.41, 5.74) is 6.97. The lowest BCUT2D eigenvalue weighted by molar-refractivity contribution is -0.201. The molecule has 0 aliphatic carbocycles. The molecule has 0 bridgehead atoms. The fraction of sp³-hybridized carbons (Fsp3) is 0.529. The second-order valence-corrected chi connectivity index (χ2v) is 6.81. The second kappa shape index (κ2) is 7.09. The van der Waals surface area contributed by atoms with Gasteiger partial charge in [-0.25, -0.2) is 9.59 Å². The fourth-order valence-corrected chi connectivity index (χ4v) is 2.38. The number of hydrogen-bond acceptors (Lipinski definition) is 7. The number of benzene rings is 1. The molecule has 1 aromatic carbocycles. The largest absolute Gasteiger partial charge is 0.465 e. The van der Waals surface area contributed by atoms with Gasteiger partial charge in [0.15, 0.2) is 0 Å². The lowest BCUT2D eigenvalue weighted by Gasteiger charge is -2.36. The number of carbonyl (C=O) groups is 2. The summed E-state index contributed by atoms with van der Waals surface area (Å²) in [5, 5.41) is 1.67. The van der Waals surface area contributed by atoms with Gasteiger partial charge < -0.3 is 20.2 Å². The predicted octanol–water partition coefficient (Wildman–Crippen LogP) is 1.68. The Balaban J connectivity index is 2.05. The van der Waals surface area contributed by atoms with Gasteiger partial charge in [0.25, 0.3) is 0 Å². The van der Waals surface area contributed by atoms with Crippen molar-refractivity contribution in [1.29, 1.82) is 0 Å². The molecule has 1 saturated heterocycles. The van der Waals surface area contributed by atoms with Crippen molar-refractivity contribution >= 4 is 23.3 Å².